The average molecular weight is 131 g/mol. The molecule has 3 N–H and O–H groups in total. The first-order valence-electron chi connectivity index (χ1n) is 3.27. The molecular formula is C6H13NO2. The molecule has 0 bridgehead atoms. The maximum atomic E-state index is 9.01. The summed E-state index contributed by atoms with van der Waals surface area (Å²) >= 11 is 0. The average Bonchev–Trinajstić information content (AvgIpc) is 2.13. The lowest BCUT2D eigenvalue weighted by Gasteiger charge is -2.03. The van der Waals surface area contributed by atoms with Crippen LogP contribution in [0.2, 0.25) is 0 Å². The molecule has 0 unspecified atom stereocenters. The van der Waals surface area contributed by atoms with Gasteiger partial charge in [-0.2, -0.15) is 0 Å². The van der Waals surface area contributed by atoms with Crippen molar-refractivity contribution >= 4 is 0 Å². The van der Waals surface area contributed by atoms with Crippen molar-refractivity contribution in [2.24, 2.45) is 0 Å². The van der Waals surface area contributed by atoms with E-state index in [-0.39, 0.29) is 0 Å². The van der Waals surface area contributed by atoms with Crippen LogP contribution in [0.1, 0.15) is 12.8 Å². The van der Waals surface area contributed by atoms with Gasteiger partial charge in [0.15, 0.2) is 0 Å². The highest BCUT2D eigenvalue weighted by Crippen LogP contribution is 2.18. The van der Waals surface area contributed by atoms with Gasteiger partial charge in [-0.25, -0.2) is 0 Å². The molecule has 1 fully saturated rings. The van der Waals surface area contributed by atoms with Crippen LogP contribution in [0, 0.1) is 0 Å². The molecule has 0 aliphatic heterocycles. The summed E-state index contributed by atoms with van der Waals surface area (Å²) in [4.78, 5) is 0. The van der Waals surface area contributed by atoms with Crippen LogP contribution in [-0.4, -0.2) is 35.5 Å². The molecule has 1 rings (SSSR count). The van der Waals surface area contributed by atoms with E-state index in [4.69, 9.17) is 10.2 Å². The van der Waals surface area contributed by atoms with Gasteiger partial charge in [0.25, 0.3) is 0 Å². The molecule has 1 saturated carbocycles. The first-order valence-corrected chi connectivity index (χ1v) is 3.27. The number of hydrogen-bond acceptors (Lipinski definition) is 3. The van der Waals surface area contributed by atoms with Gasteiger partial charge in [-0.1, -0.05) is 0 Å². The van der Waals surface area contributed by atoms with E-state index in [1.165, 1.54) is 0 Å². The molecule has 1 aliphatic rings. The summed E-state index contributed by atoms with van der Waals surface area (Å²) in [6.45, 7) is 0. The van der Waals surface area contributed by atoms with Crippen molar-refractivity contribution in [1.29, 1.82) is 0 Å². The zero-order valence-electron chi connectivity index (χ0n) is 5.54. The zero-order valence-corrected chi connectivity index (χ0v) is 5.54. The third kappa shape index (κ3) is 1.41. The molecule has 0 spiro atoms. The van der Waals surface area contributed by atoms with Crippen LogP contribution in [0.5, 0.6) is 0 Å². The van der Waals surface area contributed by atoms with Crippen molar-refractivity contribution in [1.82, 2.24) is 5.32 Å². The fourth-order valence-corrected chi connectivity index (χ4v) is 1.23. The zero-order chi connectivity index (χ0) is 6.85. The molecule has 0 aromatic rings. The summed E-state index contributed by atoms with van der Waals surface area (Å²) in [6, 6.07) is 0.301. The molecule has 2 atom stereocenters. The highest BCUT2D eigenvalue weighted by atomic mass is 16.3. The first kappa shape index (κ1) is 6.99. The summed E-state index contributed by atoms with van der Waals surface area (Å²) in [5.41, 5.74) is 0. The third-order valence-corrected chi connectivity index (χ3v) is 1.90. The van der Waals surface area contributed by atoms with Crippen LogP contribution in [0.4, 0.5) is 0 Å². The Bertz CT molecular complexity index is 87.1. The van der Waals surface area contributed by atoms with Gasteiger partial charge in [-0.15, -0.1) is 0 Å². The second kappa shape index (κ2) is 2.64. The fraction of sp³-hybridized carbons (Fsp3) is 1.00. The van der Waals surface area contributed by atoms with Crippen molar-refractivity contribution in [3.63, 3.8) is 0 Å². The predicted octanol–water partition coefficient (Wildman–Crippen LogP) is -0.910. The molecule has 0 aromatic heterocycles. The molecule has 1 aliphatic carbocycles. The first-order chi connectivity index (χ1) is 4.24. The summed E-state index contributed by atoms with van der Waals surface area (Å²) in [7, 11) is 1.84. The standard InChI is InChI=1S/C6H13NO2/c1-7-4-2-5(8)6(9)3-4/h4-9H,2-3H2,1H3/t5-,6-/m1/s1. The van der Waals surface area contributed by atoms with E-state index in [0.717, 1.165) is 0 Å². The van der Waals surface area contributed by atoms with Crippen LogP contribution < -0.4 is 5.32 Å². The van der Waals surface area contributed by atoms with Crippen LogP contribution in [0.3, 0.4) is 0 Å². The Labute approximate surface area is 54.7 Å². The van der Waals surface area contributed by atoms with Gasteiger partial charge in [-0.3, -0.25) is 0 Å². The molecule has 3 nitrogen and oxygen atoms in total. The SMILES string of the molecule is CNC1C[C@@H](O)[C@H](O)C1. The second-order valence-corrected chi connectivity index (χ2v) is 2.59. The van der Waals surface area contributed by atoms with E-state index in [1.54, 1.807) is 0 Å². The van der Waals surface area contributed by atoms with E-state index in [0.29, 0.717) is 18.9 Å². The van der Waals surface area contributed by atoms with E-state index >= 15 is 0 Å². The van der Waals surface area contributed by atoms with Crippen LogP contribution >= 0.6 is 0 Å². The maximum absolute atomic E-state index is 9.01. The fourth-order valence-electron chi connectivity index (χ4n) is 1.23. The summed E-state index contributed by atoms with van der Waals surface area (Å²) < 4.78 is 0. The van der Waals surface area contributed by atoms with Crippen LogP contribution in [-0.2, 0) is 0 Å². The number of aliphatic hydroxyl groups is 2. The van der Waals surface area contributed by atoms with Gasteiger partial charge in [0.2, 0.25) is 0 Å². The monoisotopic (exact) mass is 131 g/mol. The van der Waals surface area contributed by atoms with E-state index < -0.39 is 12.2 Å². The molecule has 0 heterocycles. The van der Waals surface area contributed by atoms with Crippen LogP contribution in [0.25, 0.3) is 0 Å². The van der Waals surface area contributed by atoms with Crippen LogP contribution in [0.15, 0.2) is 0 Å². The number of rotatable bonds is 1. The lowest BCUT2D eigenvalue weighted by molar-refractivity contribution is 0.0438. The third-order valence-electron chi connectivity index (χ3n) is 1.90. The van der Waals surface area contributed by atoms with Gasteiger partial charge in [0.05, 0.1) is 12.2 Å². The summed E-state index contributed by atoms with van der Waals surface area (Å²) in [6.07, 6.45) is 0.333. The number of nitrogens with one attached hydrogen (secondary N) is 1. The highest BCUT2D eigenvalue weighted by molar-refractivity contribution is 4.85. The van der Waals surface area contributed by atoms with Crippen molar-refractivity contribution in [3.05, 3.63) is 0 Å². The van der Waals surface area contributed by atoms with Gasteiger partial charge < -0.3 is 15.5 Å². The van der Waals surface area contributed by atoms with E-state index in [9.17, 15) is 0 Å². The normalized spacial score (nSPS) is 37.7. The Hall–Kier alpha value is -0.120. The van der Waals surface area contributed by atoms with Gasteiger partial charge >= 0.3 is 0 Å². The molecule has 54 valence electrons. The van der Waals surface area contributed by atoms with Gasteiger partial charge in [0, 0.05) is 6.04 Å². The minimum atomic E-state index is -0.512. The van der Waals surface area contributed by atoms with Crippen molar-refractivity contribution in [2.75, 3.05) is 7.05 Å². The molecule has 0 radical (unpaired) electrons. The smallest absolute Gasteiger partial charge is 0.0814 e. The molecule has 0 amide bonds. The lowest BCUT2D eigenvalue weighted by atomic mass is 10.2. The number of aliphatic hydroxyl groups excluding tert-OH is 2. The molecular weight excluding hydrogens is 118 g/mol. The van der Waals surface area contributed by atoms with Crippen molar-refractivity contribution in [2.45, 2.75) is 31.1 Å². The Morgan fingerprint density at radius 3 is 1.89 bits per heavy atom. The maximum Gasteiger partial charge on any atom is 0.0814 e. The minimum Gasteiger partial charge on any atom is -0.390 e. The predicted molar refractivity (Wildman–Crippen MR) is 34.1 cm³/mol. The lowest BCUT2D eigenvalue weighted by Crippen LogP contribution is -2.22. The minimum absolute atomic E-state index is 0.301. The number of hydrogen-bond donors (Lipinski definition) is 3. The largest absolute Gasteiger partial charge is 0.390 e. The van der Waals surface area contributed by atoms with Crippen molar-refractivity contribution < 1.29 is 10.2 Å². The Kier molecular flexibility index (Phi) is 2.05. The van der Waals surface area contributed by atoms with Crippen molar-refractivity contribution in [3.8, 4) is 0 Å². The molecule has 0 aromatic carbocycles. The highest BCUT2D eigenvalue weighted by Gasteiger charge is 2.29. The Morgan fingerprint density at radius 1 is 1.22 bits per heavy atom. The molecule has 9 heavy (non-hydrogen) atoms. The summed E-state index contributed by atoms with van der Waals surface area (Å²) in [5.74, 6) is 0. The Morgan fingerprint density at radius 2 is 1.67 bits per heavy atom. The second-order valence-electron chi connectivity index (χ2n) is 2.59. The molecule has 0 saturated heterocycles. The van der Waals surface area contributed by atoms with E-state index in [1.807, 2.05) is 7.05 Å². The van der Waals surface area contributed by atoms with E-state index in [2.05, 4.69) is 5.32 Å². The topological polar surface area (TPSA) is 52.5 Å². The Balaban J connectivity index is 2.35. The summed E-state index contributed by atoms with van der Waals surface area (Å²) in [5, 5.41) is 21.0. The van der Waals surface area contributed by atoms with Gasteiger partial charge in [0.1, 0.15) is 0 Å². The quantitative estimate of drug-likeness (QED) is 0.432. The molecule has 3 heteroatoms. The van der Waals surface area contributed by atoms with Gasteiger partial charge in [-0.05, 0) is 19.9 Å².